The molecule has 10 aromatic rings. The number of guanidine groups is 1. The largest absolute Gasteiger partial charge is 0.508 e. The number of carbonyl (C=O) groups excluding carboxylic acids is 8. The fourth-order valence-electron chi connectivity index (χ4n) is 14.4. The molecule has 14 rings (SSSR count). The van der Waals surface area contributed by atoms with Crippen molar-refractivity contribution in [2.75, 3.05) is 80.3 Å². The highest BCUT2D eigenvalue weighted by Crippen LogP contribution is 2.44. The standard InChI is InChI=1S/C28H37N3O4.C28H36N2O4S.C22H26O4.C16H14O4.C14H10O4/c1-19(2)17-34-24-9-5-21(6-10-24)28(22-7-11-25(12-8-22)35-18-20(3)4)26(32)31(27(29)30-28)23-13-15-33-16-14-23;1-19(2)17-33-24-9-5-21(6-10-24)28(22-7-11-25(12-8-22)34-18-20(3)4)26(31)30(27(35)29-28)23-13-15-32-16-14-23;1-15(2)13-25-19-9-5-17(6-10-19)21(23)22(24)18-7-11-20(12-8-18)26-14-16(3)4;1-19-13-7-3-11(4-8-13)15(17)16(18)12-5-9-14(20-2)10-6-12;15-11-5-1-9(2-6-11)13(17)14(18)10-3-7-12(16)8-4-10/h5-12,19-20,23H,13-18H2,1-4H3,(H2,29,30);5-12,19-20,23H,13-18H2,1-4H3,(H,29,35);5-12,15-16H,13-14H2,1-4H3;3-10H,1-2H3;1-8,15-16H. The molecule has 706 valence electrons. The average Bonchev–Trinajstić information content (AvgIpc) is 1.57. The molecule has 0 spiro atoms. The van der Waals surface area contributed by atoms with Crippen molar-refractivity contribution < 1.29 is 95.9 Å². The summed E-state index contributed by atoms with van der Waals surface area (Å²) < 4.78 is 55.7. The summed E-state index contributed by atoms with van der Waals surface area (Å²) in [6, 6.07) is 67.9. The molecule has 5 N–H and O–H groups in total. The molecule has 0 radical (unpaired) electrons. The van der Waals surface area contributed by atoms with Crippen LogP contribution in [0.15, 0.2) is 248 Å². The number of hydrogen-bond donors (Lipinski definition) is 4. The van der Waals surface area contributed by atoms with Crippen LogP contribution in [0.1, 0.15) is 193 Å². The van der Waals surface area contributed by atoms with E-state index in [2.05, 4.69) is 88.4 Å². The van der Waals surface area contributed by atoms with Crippen molar-refractivity contribution in [1.29, 1.82) is 0 Å². The number of phenolic OH excluding ortho intramolecular Hbond substituents is 2. The fourth-order valence-corrected chi connectivity index (χ4v) is 14.8. The molecule has 25 nitrogen and oxygen atoms in total. The predicted molar refractivity (Wildman–Crippen MR) is 519 cm³/mol. The van der Waals surface area contributed by atoms with Crippen molar-refractivity contribution in [1.82, 2.24) is 15.1 Å². The van der Waals surface area contributed by atoms with Crippen LogP contribution in [0.2, 0.25) is 0 Å². The van der Waals surface area contributed by atoms with E-state index < -0.39 is 45.8 Å². The van der Waals surface area contributed by atoms with Crippen LogP contribution in [0.5, 0.6) is 57.5 Å². The Bertz CT molecular complexity index is 5260. The molecule has 0 atom stereocenters. The molecule has 0 bridgehead atoms. The van der Waals surface area contributed by atoms with Crippen molar-refractivity contribution in [3.63, 3.8) is 0 Å². The van der Waals surface area contributed by atoms with Crippen molar-refractivity contribution in [2.45, 2.75) is 132 Å². The third kappa shape index (κ3) is 27.8. The molecule has 4 aliphatic rings. The van der Waals surface area contributed by atoms with Crippen molar-refractivity contribution in [3.8, 4) is 57.5 Å². The van der Waals surface area contributed by atoms with Crippen LogP contribution in [0.25, 0.3) is 0 Å². The maximum Gasteiger partial charge on any atom is 0.266 e. The first-order valence-electron chi connectivity index (χ1n) is 45.2. The van der Waals surface area contributed by atoms with Crippen molar-refractivity contribution >= 4 is 69.8 Å². The summed E-state index contributed by atoms with van der Waals surface area (Å²) in [6.07, 6.45) is 3.02. The highest BCUT2D eigenvalue weighted by Gasteiger charge is 2.55. The Morgan fingerprint density at radius 1 is 0.351 bits per heavy atom. The lowest BCUT2D eigenvalue weighted by atomic mass is 9.82. The van der Waals surface area contributed by atoms with Gasteiger partial charge in [-0.25, -0.2) is 4.99 Å². The summed E-state index contributed by atoms with van der Waals surface area (Å²) >= 11 is 5.74. The number of methoxy groups -OCH3 is 2. The van der Waals surface area contributed by atoms with Gasteiger partial charge < -0.3 is 68.6 Å². The molecule has 0 aromatic heterocycles. The van der Waals surface area contributed by atoms with Gasteiger partial charge in [-0.2, -0.15) is 0 Å². The number of carbonyl (C=O) groups is 8. The third-order valence-corrected chi connectivity index (χ3v) is 22.0. The van der Waals surface area contributed by atoms with Gasteiger partial charge in [0.2, 0.25) is 34.7 Å². The molecule has 2 amide bonds. The average molecular weight is 1840 g/mol. The molecule has 26 heteroatoms. The number of aliphatic imine (C=N–C) groups is 1. The number of phenols is 2. The second kappa shape index (κ2) is 49.3. The Morgan fingerprint density at radius 2 is 0.567 bits per heavy atom. The molecule has 0 saturated carbocycles. The highest BCUT2D eigenvalue weighted by molar-refractivity contribution is 7.80. The van der Waals surface area contributed by atoms with Crippen LogP contribution < -0.4 is 48.9 Å². The van der Waals surface area contributed by atoms with E-state index in [1.807, 2.05) is 97.1 Å². The maximum atomic E-state index is 14.2. The number of aromatic hydroxyl groups is 2. The van der Waals surface area contributed by atoms with Gasteiger partial charge in [-0.1, -0.05) is 132 Å². The van der Waals surface area contributed by atoms with Gasteiger partial charge in [0.25, 0.3) is 11.8 Å². The predicted octanol–water partition coefficient (Wildman–Crippen LogP) is 19.0. The highest BCUT2D eigenvalue weighted by atomic mass is 32.1. The number of nitrogens with two attached hydrogens (primary N) is 1. The second-order valence-electron chi connectivity index (χ2n) is 35.3. The summed E-state index contributed by atoms with van der Waals surface area (Å²) in [6.45, 7) is 31.4. The van der Waals surface area contributed by atoms with E-state index in [0.29, 0.717) is 152 Å². The summed E-state index contributed by atoms with van der Waals surface area (Å²) in [4.78, 5) is 109. The number of rotatable bonds is 35. The number of hydrogen-bond acceptors (Lipinski definition) is 23. The van der Waals surface area contributed by atoms with Gasteiger partial charge in [-0.05, 0) is 290 Å². The normalized spacial score (nSPS) is 14.5. The van der Waals surface area contributed by atoms with Gasteiger partial charge in [0.05, 0.1) is 53.9 Å². The topological polar surface area (TPSA) is 326 Å². The van der Waals surface area contributed by atoms with Crippen molar-refractivity contribution in [2.24, 2.45) is 46.2 Å². The lowest BCUT2D eigenvalue weighted by molar-refractivity contribution is -0.133. The molecule has 10 aromatic carbocycles. The minimum absolute atomic E-state index is 0.0239. The van der Waals surface area contributed by atoms with Gasteiger partial charge in [-0.3, -0.25) is 48.2 Å². The number of ether oxygens (including phenoxy) is 10. The van der Waals surface area contributed by atoms with E-state index >= 15 is 0 Å². The number of Topliss-reactive ketones (excluding diaryl/α,β-unsaturated/α-hetero) is 6. The van der Waals surface area contributed by atoms with E-state index in [-0.39, 0.29) is 52.5 Å². The van der Waals surface area contributed by atoms with Crippen LogP contribution in [-0.2, 0) is 30.1 Å². The summed E-state index contributed by atoms with van der Waals surface area (Å²) in [5, 5.41) is 22.1. The zero-order valence-corrected chi connectivity index (χ0v) is 79.5. The molecule has 4 aliphatic heterocycles. The first kappa shape index (κ1) is 103. The maximum absolute atomic E-state index is 14.2. The Kier molecular flexibility index (Phi) is 37.7. The summed E-state index contributed by atoms with van der Waals surface area (Å²) in [5.74, 6) is 4.97. The van der Waals surface area contributed by atoms with Crippen LogP contribution in [-0.4, -0.2) is 170 Å². The van der Waals surface area contributed by atoms with Crippen LogP contribution in [0.4, 0.5) is 0 Å². The molecular weight excluding hydrogens is 1720 g/mol. The SMILES string of the molecule is CC(C)COc1ccc(C(=O)C(=O)c2ccc(OCC(C)C)cc2)cc1.CC(C)COc1ccc(C2(c3ccc(OCC(C)C)cc3)N=C(N)N(C3CCOCC3)C2=O)cc1.CC(C)COc1ccc(C2(c3ccc(OCC(C)C)cc3)NC(=S)N(C3CCOCC3)C2=O)cc1.COc1ccc(C(=O)C(=O)c2ccc(OC)cc2)cc1.O=C(C(=O)c1ccc(O)cc1)c1ccc(O)cc1. The summed E-state index contributed by atoms with van der Waals surface area (Å²) in [5.41, 5.74) is 9.05. The van der Waals surface area contributed by atoms with E-state index in [4.69, 9.17) is 80.5 Å². The number of benzene rings is 10. The van der Waals surface area contributed by atoms with Crippen molar-refractivity contribution in [3.05, 3.63) is 298 Å². The summed E-state index contributed by atoms with van der Waals surface area (Å²) in [7, 11) is 3.08. The van der Waals surface area contributed by atoms with Gasteiger partial charge >= 0.3 is 0 Å². The number of ketones is 6. The first-order chi connectivity index (χ1) is 64.2. The molecule has 3 saturated heterocycles. The quantitative estimate of drug-likeness (QED) is 0.0163. The molecule has 0 unspecified atom stereocenters. The number of nitrogens with zero attached hydrogens (tertiary/aromatic N) is 3. The molecule has 0 aliphatic carbocycles. The fraction of sp³-hybridized carbons (Fsp3) is 0.352. The minimum Gasteiger partial charge on any atom is -0.508 e. The monoisotopic (exact) mass is 1840 g/mol. The number of thiocarbonyl (C=S) groups is 1. The van der Waals surface area contributed by atoms with E-state index in [1.54, 1.807) is 121 Å². The van der Waals surface area contributed by atoms with E-state index in [0.717, 1.165) is 70.9 Å². The number of nitrogens with one attached hydrogen (secondary N) is 1. The zero-order valence-electron chi connectivity index (χ0n) is 78.7. The Balaban J connectivity index is 0.000000178. The molecule has 4 heterocycles. The Hall–Kier alpha value is -13.6. The third-order valence-electron chi connectivity index (χ3n) is 21.7. The smallest absolute Gasteiger partial charge is 0.266 e. The molecule has 3 fully saturated rings. The second-order valence-corrected chi connectivity index (χ2v) is 35.7. The lowest BCUT2D eigenvalue weighted by Gasteiger charge is -2.33. The number of amides is 2. The van der Waals surface area contributed by atoms with Gasteiger partial charge in [0.15, 0.2) is 22.1 Å². The lowest BCUT2D eigenvalue weighted by Crippen LogP contribution is -2.50. The Labute approximate surface area is 790 Å². The van der Waals surface area contributed by atoms with Gasteiger partial charge in [-0.15, -0.1) is 0 Å². The first-order valence-corrected chi connectivity index (χ1v) is 45.6. The zero-order chi connectivity index (χ0) is 96.8. The van der Waals surface area contributed by atoms with Gasteiger partial charge in [0, 0.05) is 71.9 Å². The van der Waals surface area contributed by atoms with Crippen LogP contribution >= 0.6 is 12.2 Å². The van der Waals surface area contributed by atoms with Crippen LogP contribution in [0.3, 0.4) is 0 Å². The molecule has 134 heavy (non-hydrogen) atoms. The Morgan fingerprint density at radius 3 is 0.806 bits per heavy atom. The van der Waals surface area contributed by atoms with E-state index in [1.165, 1.54) is 48.5 Å². The minimum atomic E-state index is -1.25. The van der Waals surface area contributed by atoms with Gasteiger partial charge in [0.1, 0.15) is 57.5 Å². The van der Waals surface area contributed by atoms with Crippen LogP contribution in [0, 0.1) is 35.5 Å². The molecular formula is C108H123N5O20S. The van der Waals surface area contributed by atoms with E-state index in [9.17, 15) is 38.4 Å².